The van der Waals surface area contributed by atoms with Crippen molar-refractivity contribution < 1.29 is 0 Å². The molecular formula is C19H14N2. The summed E-state index contributed by atoms with van der Waals surface area (Å²) in [6.45, 7) is 0. The van der Waals surface area contributed by atoms with Crippen molar-refractivity contribution in [3.63, 3.8) is 0 Å². The summed E-state index contributed by atoms with van der Waals surface area (Å²) >= 11 is 0. The van der Waals surface area contributed by atoms with Crippen molar-refractivity contribution >= 4 is 11.5 Å². The molecular weight excluding hydrogens is 256 g/mol. The Kier molecular flexibility index (Phi) is 2.09. The minimum absolute atomic E-state index is 0.226. The monoisotopic (exact) mass is 270 g/mol. The summed E-state index contributed by atoms with van der Waals surface area (Å²) in [7, 11) is 0. The molecule has 21 heavy (non-hydrogen) atoms. The molecule has 2 aromatic carbocycles. The number of aliphatic imine (C=N–C) groups is 1. The van der Waals surface area contributed by atoms with Crippen LogP contribution in [-0.2, 0) is 0 Å². The minimum Gasteiger partial charge on any atom is -0.316 e. The SMILES string of the molecule is C1=CC2N=C3c4ccccc4-c4ccccc4N3C2C=C1. The Morgan fingerprint density at radius 1 is 0.762 bits per heavy atom. The van der Waals surface area contributed by atoms with Crippen molar-refractivity contribution in [3.8, 4) is 11.1 Å². The molecule has 0 radical (unpaired) electrons. The van der Waals surface area contributed by atoms with Gasteiger partial charge >= 0.3 is 0 Å². The van der Waals surface area contributed by atoms with Gasteiger partial charge in [0.25, 0.3) is 0 Å². The lowest BCUT2D eigenvalue weighted by molar-refractivity contribution is 0.739. The van der Waals surface area contributed by atoms with Crippen LogP contribution in [0.2, 0.25) is 0 Å². The first kappa shape index (κ1) is 11.1. The van der Waals surface area contributed by atoms with E-state index in [0.717, 1.165) is 5.84 Å². The van der Waals surface area contributed by atoms with Crippen molar-refractivity contribution in [3.05, 3.63) is 78.4 Å². The fourth-order valence-electron chi connectivity index (χ4n) is 3.58. The van der Waals surface area contributed by atoms with E-state index in [-0.39, 0.29) is 6.04 Å². The van der Waals surface area contributed by atoms with Gasteiger partial charge in [-0.15, -0.1) is 0 Å². The zero-order chi connectivity index (χ0) is 13.8. The lowest BCUT2D eigenvalue weighted by atomic mass is 9.91. The van der Waals surface area contributed by atoms with Crippen LogP contribution in [0, 0.1) is 0 Å². The molecule has 0 aromatic heterocycles. The second-order valence-corrected chi connectivity index (χ2v) is 5.64. The van der Waals surface area contributed by atoms with E-state index in [0.29, 0.717) is 6.04 Å². The highest BCUT2D eigenvalue weighted by atomic mass is 15.3. The number of allylic oxidation sites excluding steroid dienone is 2. The Balaban J connectivity index is 1.83. The van der Waals surface area contributed by atoms with E-state index in [1.807, 2.05) is 0 Å². The summed E-state index contributed by atoms with van der Waals surface area (Å²) in [6.07, 6.45) is 8.68. The van der Waals surface area contributed by atoms with E-state index in [1.54, 1.807) is 0 Å². The van der Waals surface area contributed by atoms with Crippen LogP contribution in [-0.4, -0.2) is 17.9 Å². The summed E-state index contributed by atoms with van der Waals surface area (Å²) in [5, 5.41) is 0. The van der Waals surface area contributed by atoms with Gasteiger partial charge in [-0.05, 0) is 11.6 Å². The Labute approximate surface area is 123 Å². The summed E-state index contributed by atoms with van der Waals surface area (Å²) in [6, 6.07) is 17.7. The van der Waals surface area contributed by atoms with Gasteiger partial charge in [-0.2, -0.15) is 0 Å². The Morgan fingerprint density at radius 2 is 1.48 bits per heavy atom. The lowest BCUT2D eigenvalue weighted by Gasteiger charge is -2.34. The zero-order valence-corrected chi connectivity index (χ0v) is 11.5. The van der Waals surface area contributed by atoms with Gasteiger partial charge in [-0.1, -0.05) is 66.8 Å². The molecule has 1 aliphatic carbocycles. The Morgan fingerprint density at radius 3 is 2.38 bits per heavy atom. The lowest BCUT2D eigenvalue weighted by Crippen LogP contribution is -2.41. The highest BCUT2D eigenvalue weighted by molar-refractivity contribution is 6.20. The number of anilines is 1. The first-order chi connectivity index (χ1) is 10.4. The molecule has 2 unspecified atom stereocenters. The summed E-state index contributed by atoms with van der Waals surface area (Å²) < 4.78 is 0. The predicted molar refractivity (Wildman–Crippen MR) is 86.8 cm³/mol. The highest BCUT2D eigenvalue weighted by Gasteiger charge is 2.39. The van der Waals surface area contributed by atoms with Crippen LogP contribution in [0.1, 0.15) is 5.56 Å². The van der Waals surface area contributed by atoms with Crippen LogP contribution in [0.5, 0.6) is 0 Å². The van der Waals surface area contributed by atoms with E-state index in [4.69, 9.17) is 4.99 Å². The molecule has 2 heteroatoms. The molecule has 0 fully saturated rings. The van der Waals surface area contributed by atoms with E-state index >= 15 is 0 Å². The molecule has 2 heterocycles. The number of rotatable bonds is 0. The number of nitrogens with zero attached hydrogens (tertiary/aromatic N) is 2. The first-order valence-corrected chi connectivity index (χ1v) is 7.34. The number of para-hydroxylation sites is 1. The molecule has 0 saturated heterocycles. The van der Waals surface area contributed by atoms with E-state index < -0.39 is 0 Å². The molecule has 0 saturated carbocycles. The number of hydrogen-bond acceptors (Lipinski definition) is 2. The van der Waals surface area contributed by atoms with Gasteiger partial charge < -0.3 is 4.90 Å². The molecule has 2 aromatic rings. The Hall–Kier alpha value is -2.61. The molecule has 5 rings (SSSR count). The third kappa shape index (κ3) is 1.39. The van der Waals surface area contributed by atoms with Crippen LogP contribution in [0.15, 0.2) is 77.8 Å². The van der Waals surface area contributed by atoms with Crippen molar-refractivity contribution in [2.24, 2.45) is 4.99 Å². The van der Waals surface area contributed by atoms with Crippen molar-refractivity contribution in [1.82, 2.24) is 0 Å². The Bertz CT molecular complexity index is 829. The van der Waals surface area contributed by atoms with Gasteiger partial charge in [-0.3, -0.25) is 4.99 Å². The van der Waals surface area contributed by atoms with Crippen molar-refractivity contribution in [2.75, 3.05) is 4.90 Å². The van der Waals surface area contributed by atoms with Gasteiger partial charge in [0.15, 0.2) is 0 Å². The maximum atomic E-state index is 4.98. The second kappa shape index (κ2) is 3.95. The summed E-state index contributed by atoms with van der Waals surface area (Å²) in [4.78, 5) is 7.37. The third-order valence-corrected chi connectivity index (χ3v) is 4.50. The molecule has 2 aliphatic heterocycles. The van der Waals surface area contributed by atoms with Gasteiger partial charge in [0.05, 0.1) is 17.8 Å². The van der Waals surface area contributed by atoms with Crippen LogP contribution in [0.4, 0.5) is 5.69 Å². The third-order valence-electron chi connectivity index (χ3n) is 4.50. The standard InChI is InChI=1S/C19H14N2/c1-2-9-15-13(7-1)14-8-3-5-11-17(14)21-18-12-6-4-10-16(18)20-19(15)21/h1-12,16,18H. The van der Waals surface area contributed by atoms with Crippen molar-refractivity contribution in [1.29, 1.82) is 0 Å². The number of fused-ring (bicyclic) bond motifs is 8. The molecule has 0 amide bonds. The van der Waals surface area contributed by atoms with Crippen LogP contribution >= 0.6 is 0 Å². The van der Waals surface area contributed by atoms with Crippen LogP contribution < -0.4 is 4.90 Å². The molecule has 0 spiro atoms. The topological polar surface area (TPSA) is 15.6 Å². The maximum absolute atomic E-state index is 4.98. The second-order valence-electron chi connectivity index (χ2n) is 5.64. The van der Waals surface area contributed by atoms with Gasteiger partial charge in [0.2, 0.25) is 0 Å². The molecule has 0 N–H and O–H groups in total. The average molecular weight is 270 g/mol. The van der Waals surface area contributed by atoms with Crippen LogP contribution in [0.3, 0.4) is 0 Å². The quantitative estimate of drug-likeness (QED) is 0.711. The smallest absolute Gasteiger partial charge is 0.137 e. The normalized spacial score (nSPS) is 24.0. The van der Waals surface area contributed by atoms with Gasteiger partial charge in [0, 0.05) is 11.1 Å². The number of benzene rings is 2. The van der Waals surface area contributed by atoms with E-state index in [1.165, 1.54) is 22.4 Å². The first-order valence-electron chi connectivity index (χ1n) is 7.34. The molecule has 2 atom stereocenters. The molecule has 100 valence electrons. The van der Waals surface area contributed by atoms with Crippen LogP contribution in [0.25, 0.3) is 11.1 Å². The summed E-state index contributed by atoms with van der Waals surface area (Å²) in [5.41, 5.74) is 5.10. The number of hydrogen-bond donors (Lipinski definition) is 0. The molecule has 2 nitrogen and oxygen atoms in total. The average Bonchev–Trinajstić information content (AvgIpc) is 2.95. The van der Waals surface area contributed by atoms with Crippen molar-refractivity contribution in [2.45, 2.75) is 12.1 Å². The van der Waals surface area contributed by atoms with Gasteiger partial charge in [0.1, 0.15) is 5.84 Å². The largest absolute Gasteiger partial charge is 0.316 e. The minimum atomic E-state index is 0.226. The van der Waals surface area contributed by atoms with E-state index in [2.05, 4.69) is 77.7 Å². The molecule has 3 aliphatic rings. The maximum Gasteiger partial charge on any atom is 0.137 e. The fraction of sp³-hybridized carbons (Fsp3) is 0.105. The fourth-order valence-corrected chi connectivity index (χ4v) is 3.58. The predicted octanol–water partition coefficient (Wildman–Crippen LogP) is 3.80. The highest BCUT2D eigenvalue weighted by Crippen LogP contribution is 2.43. The molecule has 0 bridgehead atoms. The zero-order valence-electron chi connectivity index (χ0n) is 11.5. The van der Waals surface area contributed by atoms with Gasteiger partial charge in [-0.25, -0.2) is 0 Å². The van der Waals surface area contributed by atoms with E-state index in [9.17, 15) is 0 Å². The summed E-state index contributed by atoms with van der Waals surface area (Å²) in [5.74, 6) is 1.11. The number of amidine groups is 1.